The molecule has 0 saturated carbocycles. The molecule has 0 aromatic heterocycles. The molecule has 36 heavy (non-hydrogen) atoms. The predicted octanol–water partition coefficient (Wildman–Crippen LogP) is 5.69. The number of nitrogens with zero attached hydrogens (tertiary/aromatic N) is 2. The molecule has 2 saturated heterocycles. The summed E-state index contributed by atoms with van der Waals surface area (Å²) in [5, 5.41) is -0.912. The van der Waals surface area contributed by atoms with Crippen molar-refractivity contribution in [2.24, 2.45) is 4.99 Å². The highest BCUT2D eigenvalue weighted by Crippen LogP contribution is 2.40. The van der Waals surface area contributed by atoms with E-state index in [1.807, 2.05) is 12.1 Å². The van der Waals surface area contributed by atoms with Crippen LogP contribution < -0.4 is 4.72 Å². The summed E-state index contributed by atoms with van der Waals surface area (Å²) in [6, 6.07) is 13.5. The van der Waals surface area contributed by atoms with Gasteiger partial charge in [-0.25, -0.2) is 22.5 Å². The molecule has 2 atom stereocenters. The molecule has 2 aliphatic rings. The van der Waals surface area contributed by atoms with Crippen LogP contribution in [0, 0.1) is 5.82 Å². The topological polar surface area (TPSA) is 71.0 Å². The van der Waals surface area contributed by atoms with Gasteiger partial charge in [-0.2, -0.15) is 0 Å². The van der Waals surface area contributed by atoms with E-state index in [1.165, 1.54) is 11.6 Å². The van der Waals surface area contributed by atoms with Gasteiger partial charge in [0.1, 0.15) is 16.7 Å². The van der Waals surface area contributed by atoms with Crippen LogP contribution in [0.1, 0.15) is 88.3 Å². The third-order valence-corrected chi connectivity index (χ3v) is 9.27. The van der Waals surface area contributed by atoms with Gasteiger partial charge in [-0.15, -0.1) is 0 Å². The summed E-state index contributed by atoms with van der Waals surface area (Å²) in [4.78, 5) is 6.86. The second kappa shape index (κ2) is 9.78. The van der Waals surface area contributed by atoms with Gasteiger partial charge < -0.3 is 4.74 Å². The zero-order valence-corrected chi connectivity index (χ0v) is 22.9. The molecule has 2 unspecified atom stereocenters. The van der Waals surface area contributed by atoms with Crippen molar-refractivity contribution in [3.05, 3.63) is 71.0 Å². The van der Waals surface area contributed by atoms with E-state index in [-0.39, 0.29) is 11.6 Å². The van der Waals surface area contributed by atoms with Gasteiger partial charge in [0.25, 0.3) is 6.02 Å². The summed E-state index contributed by atoms with van der Waals surface area (Å²) in [6.07, 6.45) is 2.18. The van der Waals surface area contributed by atoms with E-state index in [1.54, 1.807) is 39.0 Å². The molecule has 2 aromatic carbocycles. The number of sulfonamides is 1. The van der Waals surface area contributed by atoms with Crippen molar-refractivity contribution in [3.63, 3.8) is 0 Å². The molecule has 6 nitrogen and oxygen atoms in total. The van der Waals surface area contributed by atoms with Crippen LogP contribution >= 0.6 is 0 Å². The van der Waals surface area contributed by atoms with Crippen molar-refractivity contribution < 1.29 is 17.5 Å². The molecule has 8 heteroatoms. The molecular formula is C28H38FN3O3S. The first-order valence-corrected chi connectivity index (χ1v) is 14.2. The van der Waals surface area contributed by atoms with Crippen LogP contribution in [-0.4, -0.2) is 43.6 Å². The summed E-state index contributed by atoms with van der Waals surface area (Å²) in [7, 11) is -3.84. The smallest absolute Gasteiger partial charge is 0.299 e. The van der Waals surface area contributed by atoms with Gasteiger partial charge >= 0.3 is 0 Å². The maximum absolute atomic E-state index is 14.2. The van der Waals surface area contributed by atoms with Crippen LogP contribution in [0.4, 0.5) is 4.39 Å². The molecule has 2 aliphatic heterocycles. The second-order valence-corrected chi connectivity index (χ2v) is 13.2. The van der Waals surface area contributed by atoms with Crippen molar-refractivity contribution in [1.29, 1.82) is 0 Å². The number of aliphatic imine (C=N–C) groups is 1. The lowest BCUT2D eigenvalue weighted by atomic mass is 9.86. The molecule has 2 heterocycles. The standard InChI is InChI=1S/C28H38FN3O3S/c1-19(23-9-7-8-10-24(23)29)30-26-31-36(33,34)25(28(5,6)35-26)22-13-11-20(12-14-22)21-15-17-32(18-16-21)27(2,3)4/h7-14,19,21,25H,15-18H2,1-6H3,(H,30,31). The van der Waals surface area contributed by atoms with Crippen molar-refractivity contribution in [2.75, 3.05) is 13.1 Å². The molecule has 0 spiro atoms. The molecule has 1 N–H and O–H groups in total. The van der Waals surface area contributed by atoms with E-state index in [2.05, 4.69) is 47.5 Å². The van der Waals surface area contributed by atoms with Gasteiger partial charge in [0, 0.05) is 11.1 Å². The van der Waals surface area contributed by atoms with Crippen LogP contribution in [0.2, 0.25) is 0 Å². The Morgan fingerprint density at radius 1 is 1.06 bits per heavy atom. The first-order valence-electron chi connectivity index (χ1n) is 12.7. The number of amidine groups is 1. The number of piperidine rings is 1. The number of benzene rings is 2. The monoisotopic (exact) mass is 515 g/mol. The van der Waals surface area contributed by atoms with E-state index in [4.69, 9.17) is 4.74 Å². The minimum atomic E-state index is -3.84. The van der Waals surface area contributed by atoms with E-state index in [9.17, 15) is 12.8 Å². The highest BCUT2D eigenvalue weighted by Gasteiger charge is 2.48. The Bertz CT molecular complexity index is 1210. The van der Waals surface area contributed by atoms with Gasteiger partial charge in [-0.05, 0) is 90.6 Å². The van der Waals surface area contributed by atoms with Crippen LogP contribution in [0.25, 0.3) is 0 Å². The molecule has 0 aliphatic carbocycles. The number of likely N-dealkylation sites (tertiary alicyclic amines) is 1. The van der Waals surface area contributed by atoms with E-state index >= 15 is 0 Å². The second-order valence-electron chi connectivity index (χ2n) is 11.5. The molecule has 2 aromatic rings. The van der Waals surface area contributed by atoms with E-state index < -0.39 is 32.7 Å². The highest BCUT2D eigenvalue weighted by molar-refractivity contribution is 7.90. The summed E-state index contributed by atoms with van der Waals surface area (Å²) in [5.74, 6) is 0.0796. The Balaban J connectivity index is 1.51. The lowest BCUT2D eigenvalue weighted by molar-refractivity contribution is 0.0761. The van der Waals surface area contributed by atoms with Crippen molar-refractivity contribution in [3.8, 4) is 0 Å². The highest BCUT2D eigenvalue weighted by atomic mass is 32.2. The van der Waals surface area contributed by atoms with Crippen molar-refractivity contribution in [2.45, 2.75) is 82.7 Å². The predicted molar refractivity (Wildman–Crippen MR) is 142 cm³/mol. The Morgan fingerprint density at radius 3 is 2.19 bits per heavy atom. The summed E-state index contributed by atoms with van der Waals surface area (Å²) >= 11 is 0. The number of nitrogens with one attached hydrogen (secondary N) is 1. The van der Waals surface area contributed by atoms with E-state index in [0.717, 1.165) is 25.9 Å². The first kappa shape index (κ1) is 26.6. The normalized spacial score (nSPS) is 24.6. The fourth-order valence-corrected chi connectivity index (χ4v) is 7.16. The number of rotatable bonds is 4. The SMILES string of the molecule is CC(N=C1NS(=O)(=O)C(c2ccc(C3CCN(C(C)(C)C)CC3)cc2)C(C)(C)O1)c1ccccc1F. The summed E-state index contributed by atoms with van der Waals surface area (Å²) < 4.78 is 49.4. The van der Waals surface area contributed by atoms with Crippen LogP contribution in [-0.2, 0) is 14.8 Å². The number of ether oxygens (including phenoxy) is 1. The minimum Gasteiger partial charge on any atom is -0.457 e. The Hall–Kier alpha value is -2.45. The molecular weight excluding hydrogens is 477 g/mol. The minimum absolute atomic E-state index is 0.116. The summed E-state index contributed by atoms with van der Waals surface area (Å²) in [6.45, 7) is 14.1. The third-order valence-electron chi connectivity index (χ3n) is 7.35. The van der Waals surface area contributed by atoms with Gasteiger partial charge in [0.05, 0.1) is 6.04 Å². The molecule has 0 radical (unpaired) electrons. The van der Waals surface area contributed by atoms with Gasteiger partial charge in [0.2, 0.25) is 10.0 Å². The molecule has 2 fully saturated rings. The largest absolute Gasteiger partial charge is 0.457 e. The number of halogens is 1. The van der Waals surface area contributed by atoms with Crippen molar-refractivity contribution in [1.82, 2.24) is 9.62 Å². The van der Waals surface area contributed by atoms with Crippen LogP contribution in [0.5, 0.6) is 0 Å². The average Bonchev–Trinajstić information content (AvgIpc) is 2.77. The van der Waals surface area contributed by atoms with Crippen molar-refractivity contribution >= 4 is 16.0 Å². The average molecular weight is 516 g/mol. The lowest BCUT2D eigenvalue weighted by Gasteiger charge is -2.41. The fourth-order valence-electron chi connectivity index (χ4n) is 5.40. The third kappa shape index (κ3) is 5.59. The number of hydrogen-bond donors (Lipinski definition) is 1. The van der Waals surface area contributed by atoms with Crippen LogP contribution in [0.15, 0.2) is 53.5 Å². The number of hydrogen-bond acceptors (Lipinski definition) is 5. The molecule has 4 rings (SSSR count). The first-order chi connectivity index (χ1) is 16.8. The zero-order valence-electron chi connectivity index (χ0n) is 22.1. The lowest BCUT2D eigenvalue weighted by Crippen LogP contribution is -2.53. The Morgan fingerprint density at radius 2 is 1.64 bits per heavy atom. The molecule has 0 bridgehead atoms. The maximum Gasteiger partial charge on any atom is 0.299 e. The maximum atomic E-state index is 14.2. The van der Waals surface area contributed by atoms with Gasteiger partial charge in [0.15, 0.2) is 0 Å². The molecule has 196 valence electrons. The summed E-state index contributed by atoms with van der Waals surface area (Å²) in [5.41, 5.74) is 1.39. The van der Waals surface area contributed by atoms with Gasteiger partial charge in [-0.1, -0.05) is 42.5 Å². The fraction of sp³-hybridized carbons (Fsp3) is 0.536. The van der Waals surface area contributed by atoms with Crippen LogP contribution in [0.3, 0.4) is 0 Å². The zero-order chi connectivity index (χ0) is 26.3. The Kier molecular flexibility index (Phi) is 7.23. The quantitative estimate of drug-likeness (QED) is 0.568. The Labute approximate surface area is 215 Å². The van der Waals surface area contributed by atoms with E-state index in [0.29, 0.717) is 17.0 Å². The molecule has 0 amide bonds. The van der Waals surface area contributed by atoms with Gasteiger partial charge in [-0.3, -0.25) is 4.90 Å².